The third kappa shape index (κ3) is 4.92. The Balaban J connectivity index is 1.81. The average Bonchev–Trinajstić information content (AvgIpc) is 2.52. The monoisotopic (exact) mass is 301 g/mol. The average molecular weight is 301 g/mol. The van der Waals surface area contributed by atoms with Gasteiger partial charge in [0.05, 0.1) is 12.4 Å². The molecular weight excluding hydrogens is 282 g/mol. The van der Waals surface area contributed by atoms with Crippen LogP contribution in [0.2, 0.25) is 0 Å². The van der Waals surface area contributed by atoms with E-state index in [1.807, 2.05) is 55.5 Å². The lowest BCUT2D eigenvalue weighted by Gasteiger charge is -2.09. The fraction of sp³-hybridized carbons (Fsp3) is 0.235. The molecule has 0 aliphatic rings. The van der Waals surface area contributed by atoms with Crippen LogP contribution in [0.25, 0.3) is 0 Å². The van der Waals surface area contributed by atoms with Crippen LogP contribution in [0.3, 0.4) is 0 Å². The van der Waals surface area contributed by atoms with Gasteiger partial charge in [-0.1, -0.05) is 42.0 Å². The predicted molar refractivity (Wildman–Crippen MR) is 86.1 cm³/mol. The van der Waals surface area contributed by atoms with Crippen LogP contribution < -0.4 is 5.32 Å². The molecule has 2 rings (SSSR count). The molecule has 0 heterocycles. The van der Waals surface area contributed by atoms with Gasteiger partial charge < -0.3 is 10.4 Å². The van der Waals surface area contributed by atoms with Gasteiger partial charge in [0, 0.05) is 11.4 Å². The quantitative estimate of drug-likeness (QED) is 0.807. The molecule has 0 bridgehead atoms. The zero-order chi connectivity index (χ0) is 15.1. The van der Waals surface area contributed by atoms with Gasteiger partial charge in [-0.25, -0.2) is 0 Å². The highest BCUT2D eigenvalue weighted by Crippen LogP contribution is 2.18. The van der Waals surface area contributed by atoms with E-state index in [4.69, 9.17) is 0 Å². The maximum atomic E-state index is 11.9. The lowest BCUT2D eigenvalue weighted by atomic mass is 10.1. The number of hydrogen-bond acceptors (Lipinski definition) is 3. The zero-order valence-electron chi connectivity index (χ0n) is 12.0. The minimum atomic E-state index is -0.00976. The van der Waals surface area contributed by atoms with Gasteiger partial charge in [0.15, 0.2) is 0 Å². The first-order valence-electron chi connectivity index (χ1n) is 6.83. The van der Waals surface area contributed by atoms with Crippen LogP contribution in [0, 0.1) is 6.92 Å². The number of nitrogens with one attached hydrogen (secondary N) is 1. The van der Waals surface area contributed by atoms with Gasteiger partial charge >= 0.3 is 0 Å². The van der Waals surface area contributed by atoms with Gasteiger partial charge in [-0.2, -0.15) is 0 Å². The molecule has 0 aliphatic carbocycles. The highest BCUT2D eigenvalue weighted by Gasteiger charge is 2.05. The smallest absolute Gasteiger partial charge is 0.230 e. The predicted octanol–water partition coefficient (Wildman–Crippen LogP) is 2.90. The molecule has 0 spiro atoms. The number of carbonyl (C=O) groups excluding carboxylic acids is 1. The van der Waals surface area contributed by atoms with Gasteiger partial charge in [-0.15, -0.1) is 11.8 Å². The number of hydrogen-bond donors (Lipinski definition) is 2. The summed E-state index contributed by atoms with van der Waals surface area (Å²) in [6, 6.07) is 15.7. The number of rotatable bonds is 6. The summed E-state index contributed by atoms with van der Waals surface area (Å²) in [5.41, 5.74) is 3.02. The Morgan fingerprint density at radius 2 is 1.76 bits per heavy atom. The third-order valence-electron chi connectivity index (χ3n) is 3.16. The van der Waals surface area contributed by atoms with Gasteiger partial charge in [0.2, 0.25) is 5.91 Å². The van der Waals surface area contributed by atoms with Crippen molar-refractivity contribution >= 4 is 17.7 Å². The lowest BCUT2D eigenvalue weighted by molar-refractivity contribution is -0.118. The molecule has 1 amide bonds. The van der Waals surface area contributed by atoms with Crippen molar-refractivity contribution in [1.82, 2.24) is 5.32 Å². The largest absolute Gasteiger partial charge is 0.392 e. The Morgan fingerprint density at radius 3 is 2.43 bits per heavy atom. The molecule has 4 heteroatoms. The zero-order valence-corrected chi connectivity index (χ0v) is 12.8. The number of aliphatic hydroxyl groups excluding tert-OH is 1. The molecule has 21 heavy (non-hydrogen) atoms. The molecule has 0 saturated carbocycles. The number of benzene rings is 2. The van der Waals surface area contributed by atoms with Crippen molar-refractivity contribution in [2.45, 2.75) is 25.0 Å². The molecule has 0 fully saturated rings. The molecule has 0 radical (unpaired) electrons. The summed E-state index contributed by atoms with van der Waals surface area (Å²) >= 11 is 1.52. The minimum Gasteiger partial charge on any atom is -0.392 e. The number of thioether (sulfide) groups is 1. The summed E-state index contributed by atoms with van der Waals surface area (Å²) in [6.07, 6.45) is 0. The van der Waals surface area contributed by atoms with Crippen LogP contribution in [0.1, 0.15) is 16.7 Å². The number of carbonyl (C=O) groups is 1. The van der Waals surface area contributed by atoms with E-state index in [1.165, 1.54) is 17.3 Å². The number of aryl methyl sites for hydroxylation is 1. The second-order valence-corrected chi connectivity index (χ2v) is 5.85. The van der Waals surface area contributed by atoms with E-state index < -0.39 is 0 Å². The van der Waals surface area contributed by atoms with Gasteiger partial charge in [-0.3, -0.25) is 4.79 Å². The maximum absolute atomic E-state index is 11.9. The van der Waals surface area contributed by atoms with Crippen molar-refractivity contribution in [3.05, 3.63) is 65.2 Å². The van der Waals surface area contributed by atoms with Gasteiger partial charge in [-0.05, 0) is 30.2 Å². The highest BCUT2D eigenvalue weighted by molar-refractivity contribution is 8.00. The van der Waals surface area contributed by atoms with E-state index in [1.54, 1.807) is 0 Å². The van der Waals surface area contributed by atoms with Gasteiger partial charge in [0.1, 0.15) is 0 Å². The molecule has 2 aromatic rings. The van der Waals surface area contributed by atoms with E-state index in [-0.39, 0.29) is 12.5 Å². The first-order chi connectivity index (χ1) is 10.2. The Kier molecular flexibility index (Phi) is 5.84. The number of aliphatic hydroxyl groups is 1. The van der Waals surface area contributed by atoms with E-state index >= 15 is 0 Å². The lowest BCUT2D eigenvalue weighted by Crippen LogP contribution is -2.25. The van der Waals surface area contributed by atoms with Crippen LogP contribution in [0.5, 0.6) is 0 Å². The standard InChI is InChI=1S/C17H19NO2S/c1-13-6-8-16(9-7-13)21-12-17(20)18-10-14-4-2-3-5-15(14)11-19/h2-9,19H,10-12H2,1H3,(H,18,20). The third-order valence-corrected chi connectivity index (χ3v) is 4.17. The Morgan fingerprint density at radius 1 is 1.10 bits per heavy atom. The van der Waals surface area contributed by atoms with Crippen molar-refractivity contribution in [3.63, 3.8) is 0 Å². The van der Waals surface area contributed by atoms with Gasteiger partial charge in [0.25, 0.3) is 0 Å². The van der Waals surface area contributed by atoms with Crippen molar-refractivity contribution in [1.29, 1.82) is 0 Å². The molecule has 0 unspecified atom stereocenters. The molecule has 3 nitrogen and oxygen atoms in total. The van der Waals surface area contributed by atoms with E-state index in [2.05, 4.69) is 5.32 Å². The molecule has 0 aliphatic heterocycles. The normalized spacial score (nSPS) is 10.4. The van der Waals surface area contributed by atoms with Crippen LogP contribution in [-0.4, -0.2) is 16.8 Å². The second kappa shape index (κ2) is 7.86. The Bertz CT molecular complexity index is 596. The van der Waals surface area contributed by atoms with Crippen molar-refractivity contribution < 1.29 is 9.90 Å². The van der Waals surface area contributed by atoms with Crippen LogP contribution in [-0.2, 0) is 17.9 Å². The minimum absolute atomic E-state index is 0.00619. The van der Waals surface area contributed by atoms with Crippen LogP contribution in [0.4, 0.5) is 0 Å². The summed E-state index contributed by atoms with van der Waals surface area (Å²) in [4.78, 5) is 13.0. The second-order valence-electron chi connectivity index (χ2n) is 4.81. The van der Waals surface area contributed by atoms with E-state index in [0.29, 0.717) is 12.3 Å². The highest BCUT2D eigenvalue weighted by atomic mass is 32.2. The fourth-order valence-corrected chi connectivity index (χ4v) is 2.64. The number of amides is 1. The molecule has 0 aromatic heterocycles. The summed E-state index contributed by atoms with van der Waals surface area (Å²) in [5.74, 6) is 0.387. The summed E-state index contributed by atoms with van der Waals surface area (Å²) < 4.78 is 0. The first-order valence-corrected chi connectivity index (χ1v) is 7.81. The van der Waals surface area contributed by atoms with Crippen LogP contribution >= 0.6 is 11.8 Å². The van der Waals surface area contributed by atoms with E-state index in [0.717, 1.165) is 16.0 Å². The first kappa shape index (κ1) is 15.6. The molecular formula is C17H19NO2S. The van der Waals surface area contributed by atoms with Crippen molar-refractivity contribution in [2.75, 3.05) is 5.75 Å². The summed E-state index contributed by atoms with van der Waals surface area (Å²) in [7, 11) is 0. The van der Waals surface area contributed by atoms with E-state index in [9.17, 15) is 9.90 Å². The van der Waals surface area contributed by atoms with Crippen molar-refractivity contribution in [3.8, 4) is 0 Å². The summed E-state index contributed by atoms with van der Waals surface area (Å²) in [6.45, 7) is 2.48. The maximum Gasteiger partial charge on any atom is 0.230 e. The SMILES string of the molecule is Cc1ccc(SCC(=O)NCc2ccccc2CO)cc1. The van der Waals surface area contributed by atoms with Crippen LogP contribution in [0.15, 0.2) is 53.4 Å². The van der Waals surface area contributed by atoms with Crippen molar-refractivity contribution in [2.24, 2.45) is 0 Å². The molecule has 0 atom stereocenters. The Labute approximate surface area is 129 Å². The molecule has 0 saturated heterocycles. The topological polar surface area (TPSA) is 49.3 Å². The molecule has 2 N–H and O–H groups in total. The fourth-order valence-electron chi connectivity index (χ4n) is 1.91. The Hall–Kier alpha value is -1.78. The molecule has 110 valence electrons. The summed E-state index contributed by atoms with van der Waals surface area (Å²) in [5, 5.41) is 12.1. The molecule has 2 aromatic carbocycles.